The predicted molar refractivity (Wildman–Crippen MR) is 92.7 cm³/mol. The second kappa shape index (κ2) is 8.11. The van der Waals surface area contributed by atoms with Crippen molar-refractivity contribution in [3.8, 4) is 11.3 Å². The van der Waals surface area contributed by atoms with Crippen LogP contribution in [0.1, 0.15) is 10.5 Å². The number of carboxylic acid groups (broad SMARTS) is 1. The second-order valence-electron chi connectivity index (χ2n) is 6.28. The first kappa shape index (κ1) is 18.1. The molecule has 0 spiro atoms. The van der Waals surface area contributed by atoms with E-state index in [2.05, 4.69) is 5.16 Å². The van der Waals surface area contributed by atoms with E-state index in [0.29, 0.717) is 32.0 Å². The third kappa shape index (κ3) is 4.47. The van der Waals surface area contributed by atoms with Crippen molar-refractivity contribution in [1.82, 2.24) is 15.0 Å². The van der Waals surface area contributed by atoms with Gasteiger partial charge in [0.25, 0.3) is 5.91 Å². The van der Waals surface area contributed by atoms with Crippen LogP contribution >= 0.6 is 0 Å². The number of morpholine rings is 1. The lowest BCUT2D eigenvalue weighted by Crippen LogP contribution is -2.49. The van der Waals surface area contributed by atoms with Gasteiger partial charge in [0.2, 0.25) is 0 Å². The van der Waals surface area contributed by atoms with Crippen molar-refractivity contribution in [1.29, 1.82) is 0 Å². The third-order valence-corrected chi connectivity index (χ3v) is 4.13. The lowest BCUT2D eigenvalue weighted by molar-refractivity contribution is -0.138. The van der Waals surface area contributed by atoms with E-state index in [1.807, 2.05) is 30.3 Å². The highest BCUT2D eigenvalue weighted by molar-refractivity contribution is 5.93. The van der Waals surface area contributed by atoms with Gasteiger partial charge in [0.15, 0.2) is 11.5 Å². The molecule has 138 valence electrons. The largest absolute Gasteiger partial charge is 0.480 e. The Morgan fingerprint density at radius 1 is 1.35 bits per heavy atom. The highest BCUT2D eigenvalue weighted by Gasteiger charge is 2.28. The van der Waals surface area contributed by atoms with Gasteiger partial charge in [0.05, 0.1) is 19.3 Å². The summed E-state index contributed by atoms with van der Waals surface area (Å²) < 4.78 is 10.9. The van der Waals surface area contributed by atoms with Crippen molar-refractivity contribution in [3.63, 3.8) is 0 Å². The molecular formula is C18H21N3O5. The van der Waals surface area contributed by atoms with Crippen molar-refractivity contribution in [3.05, 3.63) is 42.1 Å². The first-order chi connectivity index (χ1) is 12.5. The molecule has 2 heterocycles. The first-order valence-electron chi connectivity index (χ1n) is 8.36. The van der Waals surface area contributed by atoms with Crippen LogP contribution in [0.2, 0.25) is 0 Å². The predicted octanol–water partition coefficient (Wildman–Crippen LogP) is 1.20. The highest BCUT2D eigenvalue weighted by atomic mass is 16.5. The van der Waals surface area contributed by atoms with Crippen LogP contribution in [0.15, 0.2) is 40.9 Å². The standard InChI is InChI=1S/C18H21N3O5/c1-20(12-17(22)23)10-14-11-21(7-8-25-14)18(24)15-9-16(26-19-15)13-5-3-2-4-6-13/h2-6,9,14H,7-8,10-12H2,1H3,(H,22,23). The molecule has 0 bridgehead atoms. The van der Waals surface area contributed by atoms with Crippen LogP contribution in [-0.2, 0) is 9.53 Å². The minimum atomic E-state index is -0.896. The fourth-order valence-electron chi connectivity index (χ4n) is 2.93. The summed E-state index contributed by atoms with van der Waals surface area (Å²) in [7, 11) is 1.71. The Bertz CT molecular complexity index is 761. The lowest BCUT2D eigenvalue weighted by Gasteiger charge is -2.34. The number of carbonyl (C=O) groups excluding carboxylic acids is 1. The maximum atomic E-state index is 12.7. The van der Waals surface area contributed by atoms with Crippen LogP contribution in [0.5, 0.6) is 0 Å². The molecule has 1 aromatic carbocycles. The maximum absolute atomic E-state index is 12.7. The summed E-state index contributed by atoms with van der Waals surface area (Å²) in [5, 5.41) is 12.7. The highest BCUT2D eigenvalue weighted by Crippen LogP contribution is 2.21. The van der Waals surface area contributed by atoms with Gasteiger partial charge in [0, 0.05) is 31.3 Å². The van der Waals surface area contributed by atoms with E-state index in [4.69, 9.17) is 14.4 Å². The summed E-state index contributed by atoms with van der Waals surface area (Å²) in [6, 6.07) is 11.1. The molecule has 1 aliphatic heterocycles. The maximum Gasteiger partial charge on any atom is 0.317 e. The molecule has 0 radical (unpaired) electrons. The number of hydrogen-bond donors (Lipinski definition) is 1. The number of carboxylic acids is 1. The molecule has 1 aromatic heterocycles. The molecule has 8 nitrogen and oxygen atoms in total. The molecular weight excluding hydrogens is 338 g/mol. The van der Waals surface area contributed by atoms with Crippen molar-refractivity contribution in [2.75, 3.05) is 39.8 Å². The quantitative estimate of drug-likeness (QED) is 0.828. The number of benzene rings is 1. The molecule has 1 aliphatic rings. The van der Waals surface area contributed by atoms with Crippen molar-refractivity contribution >= 4 is 11.9 Å². The minimum Gasteiger partial charge on any atom is -0.480 e. The summed E-state index contributed by atoms with van der Waals surface area (Å²) >= 11 is 0. The molecule has 26 heavy (non-hydrogen) atoms. The van der Waals surface area contributed by atoms with Crippen LogP contribution in [0.3, 0.4) is 0 Å². The number of amides is 1. The van der Waals surface area contributed by atoms with Gasteiger partial charge in [0.1, 0.15) is 0 Å². The minimum absolute atomic E-state index is 0.0719. The summed E-state index contributed by atoms with van der Waals surface area (Å²) in [6.45, 7) is 1.62. The van der Waals surface area contributed by atoms with E-state index in [-0.39, 0.29) is 24.2 Å². The number of nitrogens with zero attached hydrogens (tertiary/aromatic N) is 3. The van der Waals surface area contributed by atoms with Crippen LogP contribution in [0.4, 0.5) is 0 Å². The normalized spacial score (nSPS) is 17.5. The average Bonchev–Trinajstić information content (AvgIpc) is 3.11. The SMILES string of the molecule is CN(CC(=O)O)CC1CN(C(=O)c2cc(-c3ccccc3)on2)CCO1. The number of rotatable bonds is 6. The molecule has 0 aliphatic carbocycles. The van der Waals surface area contributed by atoms with Crippen molar-refractivity contribution < 1.29 is 24.0 Å². The van der Waals surface area contributed by atoms with Gasteiger partial charge in [-0.25, -0.2) is 0 Å². The Labute approximate surface area is 150 Å². The number of aromatic nitrogens is 1. The molecule has 1 saturated heterocycles. The summed E-state index contributed by atoms with van der Waals surface area (Å²) in [6.07, 6.45) is -0.238. The van der Waals surface area contributed by atoms with E-state index >= 15 is 0 Å². The van der Waals surface area contributed by atoms with Crippen LogP contribution in [0.25, 0.3) is 11.3 Å². The van der Waals surface area contributed by atoms with Gasteiger partial charge in [-0.3, -0.25) is 14.5 Å². The smallest absolute Gasteiger partial charge is 0.317 e. The van der Waals surface area contributed by atoms with Gasteiger partial charge in [-0.1, -0.05) is 35.5 Å². The second-order valence-corrected chi connectivity index (χ2v) is 6.28. The summed E-state index contributed by atoms with van der Waals surface area (Å²) in [5.74, 6) is -0.572. The summed E-state index contributed by atoms with van der Waals surface area (Å²) in [4.78, 5) is 26.8. The topological polar surface area (TPSA) is 96.1 Å². The molecule has 8 heteroatoms. The van der Waals surface area contributed by atoms with Gasteiger partial charge in [-0.05, 0) is 7.05 Å². The lowest BCUT2D eigenvalue weighted by atomic mass is 10.1. The van der Waals surface area contributed by atoms with Crippen molar-refractivity contribution in [2.45, 2.75) is 6.10 Å². The Balaban J connectivity index is 1.62. The number of carbonyl (C=O) groups is 2. The van der Waals surface area contributed by atoms with Crippen LogP contribution < -0.4 is 0 Å². The zero-order valence-corrected chi connectivity index (χ0v) is 14.5. The molecule has 1 atom stereocenters. The molecule has 0 saturated carbocycles. The molecule has 1 fully saturated rings. The zero-order chi connectivity index (χ0) is 18.5. The van der Waals surface area contributed by atoms with Gasteiger partial charge in [-0.2, -0.15) is 0 Å². The fraction of sp³-hybridized carbons (Fsp3) is 0.389. The van der Waals surface area contributed by atoms with E-state index in [1.54, 1.807) is 22.9 Å². The molecule has 1 amide bonds. The van der Waals surface area contributed by atoms with Gasteiger partial charge in [-0.15, -0.1) is 0 Å². The monoisotopic (exact) mass is 359 g/mol. The first-order valence-corrected chi connectivity index (χ1v) is 8.36. The number of likely N-dealkylation sites (N-methyl/N-ethyl adjacent to an activating group) is 1. The fourth-order valence-corrected chi connectivity index (χ4v) is 2.93. The van der Waals surface area contributed by atoms with E-state index in [1.165, 1.54) is 0 Å². The molecule has 2 aromatic rings. The van der Waals surface area contributed by atoms with E-state index in [9.17, 15) is 9.59 Å². The Kier molecular flexibility index (Phi) is 5.65. The van der Waals surface area contributed by atoms with Gasteiger partial charge >= 0.3 is 5.97 Å². The van der Waals surface area contributed by atoms with Gasteiger partial charge < -0.3 is 19.3 Å². The Hall–Kier alpha value is -2.71. The Morgan fingerprint density at radius 2 is 2.12 bits per heavy atom. The average molecular weight is 359 g/mol. The molecule has 3 rings (SSSR count). The number of aliphatic carboxylic acids is 1. The molecule has 1 N–H and O–H groups in total. The van der Waals surface area contributed by atoms with E-state index < -0.39 is 5.97 Å². The Morgan fingerprint density at radius 3 is 2.85 bits per heavy atom. The summed E-state index contributed by atoms with van der Waals surface area (Å²) in [5.41, 5.74) is 1.11. The number of ether oxygens (including phenoxy) is 1. The zero-order valence-electron chi connectivity index (χ0n) is 14.5. The third-order valence-electron chi connectivity index (χ3n) is 4.13. The van der Waals surface area contributed by atoms with E-state index in [0.717, 1.165) is 5.56 Å². The number of hydrogen-bond acceptors (Lipinski definition) is 6. The van der Waals surface area contributed by atoms with Crippen molar-refractivity contribution in [2.24, 2.45) is 0 Å². The van der Waals surface area contributed by atoms with Crippen LogP contribution in [0, 0.1) is 0 Å². The molecule has 1 unspecified atom stereocenters. The van der Waals surface area contributed by atoms with Crippen LogP contribution in [-0.4, -0.2) is 77.9 Å².